The van der Waals surface area contributed by atoms with Crippen LogP contribution >= 0.6 is 11.3 Å². The molecule has 2 heterocycles. The molecule has 0 spiro atoms. The van der Waals surface area contributed by atoms with Gasteiger partial charge in [-0.2, -0.15) is 0 Å². The van der Waals surface area contributed by atoms with E-state index in [-0.39, 0.29) is 42.1 Å². The Hall–Kier alpha value is -3.35. The summed E-state index contributed by atoms with van der Waals surface area (Å²) in [7, 11) is 0. The second kappa shape index (κ2) is 12.3. The molecular formula is C35H40F3N3O5S. The van der Waals surface area contributed by atoms with Crippen LogP contribution in [-0.2, 0) is 16.9 Å². The van der Waals surface area contributed by atoms with Crippen molar-refractivity contribution in [1.29, 1.82) is 0 Å². The first-order valence-electron chi connectivity index (χ1n) is 16.4. The van der Waals surface area contributed by atoms with Gasteiger partial charge in [0.25, 0.3) is 0 Å². The van der Waals surface area contributed by atoms with Gasteiger partial charge in [-0.05, 0) is 108 Å². The number of alkyl halides is 3. The van der Waals surface area contributed by atoms with E-state index in [2.05, 4.69) is 15.2 Å². The van der Waals surface area contributed by atoms with Crippen LogP contribution < -0.4 is 14.8 Å². The summed E-state index contributed by atoms with van der Waals surface area (Å²) in [6, 6.07) is 10.2. The zero-order valence-electron chi connectivity index (χ0n) is 26.9. The first-order valence-corrected chi connectivity index (χ1v) is 17.2. The third-order valence-electron chi connectivity index (χ3n) is 9.47. The number of rotatable bonds is 11. The van der Waals surface area contributed by atoms with E-state index in [0.29, 0.717) is 34.6 Å². The van der Waals surface area contributed by atoms with Crippen molar-refractivity contribution in [3.05, 3.63) is 53.3 Å². The number of para-hydroxylation sites is 1. The van der Waals surface area contributed by atoms with Gasteiger partial charge in [0, 0.05) is 23.1 Å². The average molecular weight is 672 g/mol. The summed E-state index contributed by atoms with van der Waals surface area (Å²) in [6.45, 7) is 7.70. The Morgan fingerprint density at radius 1 is 1.04 bits per heavy atom. The fourth-order valence-corrected chi connectivity index (χ4v) is 8.13. The van der Waals surface area contributed by atoms with Gasteiger partial charge in [0.05, 0.1) is 29.1 Å². The highest BCUT2D eigenvalue weighted by Crippen LogP contribution is 2.48. The van der Waals surface area contributed by atoms with Gasteiger partial charge < -0.3 is 29.2 Å². The van der Waals surface area contributed by atoms with Crippen LogP contribution in [0.5, 0.6) is 11.5 Å². The highest BCUT2D eigenvalue weighted by molar-refractivity contribution is 7.22. The smallest absolute Gasteiger partial charge is 0.489 e. The van der Waals surface area contributed by atoms with Crippen molar-refractivity contribution in [3.8, 4) is 22.8 Å². The molecule has 47 heavy (non-hydrogen) atoms. The maximum absolute atomic E-state index is 13.2. The Balaban J connectivity index is 1.06. The predicted molar refractivity (Wildman–Crippen MR) is 173 cm³/mol. The topological polar surface area (TPSA) is 98.9 Å². The molecule has 3 fully saturated rings. The van der Waals surface area contributed by atoms with Crippen molar-refractivity contribution in [1.82, 2.24) is 10.1 Å². The largest absolute Gasteiger partial charge is 0.573 e. The zero-order valence-corrected chi connectivity index (χ0v) is 27.7. The fraction of sp³-hybridized carbons (Fsp3) is 0.543. The van der Waals surface area contributed by atoms with Gasteiger partial charge in [-0.15, -0.1) is 13.2 Å². The lowest BCUT2D eigenvalue weighted by atomic mass is 9.82. The molecule has 3 saturated carbocycles. The summed E-state index contributed by atoms with van der Waals surface area (Å²) in [5, 5.41) is 19.5. The molecule has 2 aromatic carbocycles. The van der Waals surface area contributed by atoms with Gasteiger partial charge in [-0.25, -0.2) is 4.98 Å². The molecule has 2 atom stereocenters. The summed E-state index contributed by atoms with van der Waals surface area (Å²) in [5.74, 6) is 2.07. The first kappa shape index (κ1) is 32.2. The molecular weight excluding hydrogens is 631 g/mol. The number of fused-ring (bicyclic) bond motifs is 3. The molecule has 0 amide bonds. The Kier molecular flexibility index (Phi) is 8.41. The summed E-state index contributed by atoms with van der Waals surface area (Å²) >= 11 is 1.58. The molecule has 2 N–H and O–H groups in total. The van der Waals surface area contributed by atoms with Crippen molar-refractivity contribution in [3.63, 3.8) is 0 Å². The van der Waals surface area contributed by atoms with Crippen molar-refractivity contribution in [2.75, 3.05) is 5.32 Å². The number of benzene rings is 2. The van der Waals surface area contributed by atoms with E-state index >= 15 is 0 Å². The molecule has 3 aliphatic carbocycles. The van der Waals surface area contributed by atoms with Crippen LogP contribution in [0.25, 0.3) is 21.5 Å². The maximum atomic E-state index is 13.2. The number of nitrogens with one attached hydrogen (secondary N) is 1. The average Bonchev–Trinajstić information content (AvgIpc) is 3.54. The number of aromatic nitrogens is 2. The van der Waals surface area contributed by atoms with Gasteiger partial charge >= 0.3 is 6.36 Å². The quantitative estimate of drug-likeness (QED) is 0.163. The molecule has 8 nitrogen and oxygen atoms in total. The third kappa shape index (κ3) is 6.96. The molecule has 12 heteroatoms. The van der Waals surface area contributed by atoms with Crippen molar-refractivity contribution < 1.29 is 37.0 Å². The Bertz CT molecular complexity index is 1730. The molecule has 7 rings (SSSR count). The van der Waals surface area contributed by atoms with Crippen LogP contribution in [0.15, 0.2) is 40.9 Å². The molecule has 3 aliphatic rings. The van der Waals surface area contributed by atoms with Crippen LogP contribution in [0.3, 0.4) is 0 Å². The van der Waals surface area contributed by atoms with Crippen molar-refractivity contribution in [2.45, 2.75) is 109 Å². The lowest BCUT2D eigenvalue weighted by molar-refractivity contribution is -0.274. The number of anilines is 1. The number of hydrogen-bond donors (Lipinski definition) is 2. The lowest BCUT2D eigenvalue weighted by Crippen LogP contribution is -2.39. The molecule has 0 radical (unpaired) electrons. The maximum Gasteiger partial charge on any atom is 0.573 e. The first-order chi connectivity index (χ1) is 22.3. The van der Waals surface area contributed by atoms with Crippen molar-refractivity contribution >= 4 is 26.7 Å². The fourth-order valence-electron chi connectivity index (χ4n) is 7.16. The second-order valence-electron chi connectivity index (χ2n) is 13.9. The van der Waals surface area contributed by atoms with Crippen LogP contribution in [0.4, 0.5) is 18.3 Å². The standard InChI is InChI=1S/C35H40F3N3O5S/c1-18(2)44-27-15-22(34(3,4)42)16-28-31(27)40-33(47-28)39-29-20-11-12-21(29)14-23(13-20)43-17-25-30(41-46-32(25)19-9-10-19)24-7-5-6-8-26(24)45-35(36,37)38/h5-8,15-16,18-21,23,29,42H,9-14,17H2,1-4H3,(H,39,40). The van der Waals surface area contributed by atoms with Crippen LogP contribution in [0.2, 0.25) is 0 Å². The number of hydrogen-bond acceptors (Lipinski definition) is 9. The molecule has 4 aromatic rings. The molecule has 0 aliphatic heterocycles. The molecule has 2 unspecified atom stereocenters. The second-order valence-corrected chi connectivity index (χ2v) is 15.0. The van der Waals surface area contributed by atoms with E-state index in [9.17, 15) is 18.3 Å². The van der Waals surface area contributed by atoms with E-state index in [1.54, 1.807) is 37.3 Å². The highest BCUT2D eigenvalue weighted by Gasteiger charge is 2.44. The number of halogens is 3. The lowest BCUT2D eigenvalue weighted by Gasteiger charge is -2.35. The normalized spacial score (nSPS) is 23.1. The summed E-state index contributed by atoms with van der Waals surface area (Å²) in [6.07, 6.45) is 0.995. The van der Waals surface area contributed by atoms with Gasteiger partial charge in [-0.3, -0.25) is 0 Å². The van der Waals surface area contributed by atoms with Gasteiger partial charge in [0.15, 0.2) is 5.13 Å². The minimum absolute atomic E-state index is 0.0118. The number of ether oxygens (including phenoxy) is 3. The molecule has 2 bridgehead atoms. The molecule has 252 valence electrons. The third-order valence-corrected chi connectivity index (χ3v) is 10.4. The Morgan fingerprint density at radius 2 is 1.77 bits per heavy atom. The SMILES string of the molecule is CC(C)Oc1cc(C(C)(C)O)cc2sc(NC3C4CCC3CC(OCc3c(-c5ccccc5OC(F)(F)F)noc3C3CC3)C4)nc12. The summed E-state index contributed by atoms with van der Waals surface area (Å²) in [4.78, 5) is 4.94. The monoisotopic (exact) mass is 671 g/mol. The minimum Gasteiger partial charge on any atom is -0.489 e. The number of thiazole rings is 1. The highest BCUT2D eigenvalue weighted by atomic mass is 32.1. The van der Waals surface area contributed by atoms with E-state index in [4.69, 9.17) is 19.0 Å². The molecule has 0 saturated heterocycles. The summed E-state index contributed by atoms with van der Waals surface area (Å²) in [5.41, 5.74) is 1.85. The van der Waals surface area contributed by atoms with Crippen molar-refractivity contribution in [2.24, 2.45) is 11.8 Å². The van der Waals surface area contributed by atoms with E-state index in [1.807, 2.05) is 26.0 Å². The predicted octanol–water partition coefficient (Wildman–Crippen LogP) is 8.93. The van der Waals surface area contributed by atoms with Gasteiger partial charge in [0.2, 0.25) is 0 Å². The Labute approximate surface area is 275 Å². The Morgan fingerprint density at radius 3 is 2.43 bits per heavy atom. The van der Waals surface area contributed by atoms with Gasteiger partial charge in [0.1, 0.15) is 28.5 Å². The van der Waals surface area contributed by atoms with Crippen LogP contribution in [0.1, 0.15) is 89.0 Å². The molecule has 2 aromatic heterocycles. The van der Waals surface area contributed by atoms with Gasteiger partial charge in [-0.1, -0.05) is 28.6 Å². The zero-order chi connectivity index (χ0) is 33.1. The minimum atomic E-state index is -4.82. The number of aliphatic hydroxyl groups is 1. The number of nitrogens with zero attached hydrogens (tertiary/aromatic N) is 2. The van der Waals surface area contributed by atoms with E-state index in [0.717, 1.165) is 59.4 Å². The van der Waals surface area contributed by atoms with Crippen LogP contribution in [-0.4, -0.2) is 39.9 Å². The summed E-state index contributed by atoms with van der Waals surface area (Å²) < 4.78 is 63.2. The van der Waals surface area contributed by atoms with E-state index in [1.165, 1.54) is 12.1 Å². The van der Waals surface area contributed by atoms with E-state index < -0.39 is 12.0 Å². The van der Waals surface area contributed by atoms with Crippen LogP contribution in [0, 0.1) is 11.8 Å².